The van der Waals surface area contributed by atoms with E-state index < -0.39 is 0 Å². The molecule has 1 N–H and O–H groups in total. The number of hydrogen-bond donors (Lipinski definition) is 1. The average Bonchev–Trinajstić information content (AvgIpc) is 1.89. The van der Waals surface area contributed by atoms with Crippen molar-refractivity contribution in [2.75, 3.05) is 7.05 Å². The summed E-state index contributed by atoms with van der Waals surface area (Å²) in [5, 5.41) is 3.17. The van der Waals surface area contributed by atoms with Crippen molar-refractivity contribution >= 4 is 0 Å². The monoisotopic (exact) mass is 126 g/mol. The molecule has 0 rings (SSSR count). The molecular formula is C8H16N. The first-order chi connectivity index (χ1) is 4.31. The van der Waals surface area contributed by atoms with Gasteiger partial charge in [-0.2, -0.15) is 0 Å². The molecule has 0 saturated heterocycles. The van der Waals surface area contributed by atoms with E-state index in [2.05, 4.69) is 12.2 Å². The quantitative estimate of drug-likeness (QED) is 0.553. The summed E-state index contributed by atoms with van der Waals surface area (Å²) in [4.78, 5) is 0. The van der Waals surface area contributed by atoms with Crippen LogP contribution in [0.15, 0.2) is 6.08 Å². The highest BCUT2D eigenvalue weighted by atomic mass is 14.8. The van der Waals surface area contributed by atoms with Gasteiger partial charge in [0, 0.05) is 6.04 Å². The molecule has 1 nitrogen and oxygen atoms in total. The van der Waals surface area contributed by atoms with Crippen LogP contribution in [0.1, 0.15) is 26.2 Å². The van der Waals surface area contributed by atoms with Crippen molar-refractivity contribution in [3.8, 4) is 0 Å². The summed E-state index contributed by atoms with van der Waals surface area (Å²) < 4.78 is 0. The van der Waals surface area contributed by atoms with Gasteiger partial charge in [-0.1, -0.05) is 12.7 Å². The van der Waals surface area contributed by atoms with Gasteiger partial charge in [0.1, 0.15) is 0 Å². The molecule has 1 heteroatoms. The number of unbranched alkanes of at least 4 members (excludes halogenated alkanes) is 1. The second-order valence-electron chi connectivity index (χ2n) is 2.36. The van der Waals surface area contributed by atoms with E-state index in [1.165, 1.54) is 12.8 Å². The third-order valence-electron chi connectivity index (χ3n) is 1.50. The Morgan fingerprint density at radius 1 is 1.67 bits per heavy atom. The highest BCUT2D eigenvalue weighted by Gasteiger charge is 1.94. The maximum absolute atomic E-state index is 5.21. The first kappa shape index (κ1) is 8.70. The first-order valence-corrected chi connectivity index (χ1v) is 3.52. The summed E-state index contributed by atoms with van der Waals surface area (Å²) in [6.45, 7) is 7.39. The Kier molecular flexibility index (Phi) is 5.64. The molecule has 1 atom stereocenters. The van der Waals surface area contributed by atoms with Crippen LogP contribution in [0.3, 0.4) is 0 Å². The molecule has 0 aromatic heterocycles. The molecule has 0 fully saturated rings. The molecule has 53 valence electrons. The fraction of sp³-hybridized carbons (Fsp3) is 0.750. The summed E-state index contributed by atoms with van der Waals surface area (Å²) in [6.07, 6.45) is 5.16. The molecule has 0 saturated carbocycles. The summed E-state index contributed by atoms with van der Waals surface area (Å²) >= 11 is 0. The van der Waals surface area contributed by atoms with Crippen LogP contribution in [-0.4, -0.2) is 13.1 Å². The molecule has 0 bridgehead atoms. The molecule has 0 amide bonds. The molecule has 1 radical (unpaired) electrons. The van der Waals surface area contributed by atoms with Gasteiger partial charge in [0.15, 0.2) is 0 Å². The molecule has 0 aliphatic carbocycles. The summed E-state index contributed by atoms with van der Waals surface area (Å²) in [7, 11) is 1.98. The van der Waals surface area contributed by atoms with Crippen molar-refractivity contribution in [1.29, 1.82) is 0 Å². The number of nitrogens with one attached hydrogen (secondary N) is 1. The lowest BCUT2D eigenvalue weighted by molar-refractivity contribution is 0.545. The molecule has 0 aliphatic rings. The van der Waals surface area contributed by atoms with Crippen molar-refractivity contribution in [3.05, 3.63) is 12.7 Å². The molecule has 0 aliphatic heterocycles. The largest absolute Gasteiger partial charge is 0.317 e. The maximum Gasteiger partial charge on any atom is 0.00358 e. The Morgan fingerprint density at radius 2 is 2.33 bits per heavy atom. The Morgan fingerprint density at radius 3 is 2.78 bits per heavy atom. The Labute approximate surface area is 58.2 Å². The standard InChI is InChI=1S/C8H16N/c1-4-5-6-7-8(2)9-3/h1,4,8-9H,5-7H2,2-3H3. The van der Waals surface area contributed by atoms with E-state index in [1.807, 2.05) is 7.05 Å². The molecule has 0 aromatic carbocycles. The van der Waals surface area contributed by atoms with Crippen LogP contribution in [-0.2, 0) is 0 Å². The van der Waals surface area contributed by atoms with Crippen molar-refractivity contribution in [2.24, 2.45) is 0 Å². The smallest absolute Gasteiger partial charge is 0.00358 e. The third kappa shape index (κ3) is 5.57. The van der Waals surface area contributed by atoms with Gasteiger partial charge < -0.3 is 5.32 Å². The highest BCUT2D eigenvalue weighted by molar-refractivity contribution is 4.65. The summed E-state index contributed by atoms with van der Waals surface area (Å²) in [6, 6.07) is 0.630. The van der Waals surface area contributed by atoms with E-state index in [4.69, 9.17) is 6.58 Å². The zero-order valence-electron chi connectivity index (χ0n) is 6.35. The topological polar surface area (TPSA) is 12.0 Å². The van der Waals surface area contributed by atoms with Crippen molar-refractivity contribution in [1.82, 2.24) is 5.32 Å². The van der Waals surface area contributed by atoms with Gasteiger partial charge in [-0.3, -0.25) is 0 Å². The van der Waals surface area contributed by atoms with E-state index in [9.17, 15) is 0 Å². The zero-order chi connectivity index (χ0) is 7.11. The number of allylic oxidation sites excluding steroid dienone is 1. The molecule has 9 heavy (non-hydrogen) atoms. The third-order valence-corrected chi connectivity index (χ3v) is 1.50. The predicted molar refractivity (Wildman–Crippen MR) is 41.2 cm³/mol. The summed E-state index contributed by atoms with van der Waals surface area (Å²) in [5.74, 6) is 0. The van der Waals surface area contributed by atoms with Gasteiger partial charge in [0.25, 0.3) is 0 Å². The minimum atomic E-state index is 0.630. The Balaban J connectivity index is 2.96. The average molecular weight is 126 g/mol. The van der Waals surface area contributed by atoms with Crippen molar-refractivity contribution in [2.45, 2.75) is 32.2 Å². The van der Waals surface area contributed by atoms with Crippen molar-refractivity contribution in [3.63, 3.8) is 0 Å². The molecule has 1 unspecified atom stereocenters. The van der Waals surface area contributed by atoms with E-state index >= 15 is 0 Å². The van der Waals surface area contributed by atoms with Crippen LogP contribution in [0.4, 0.5) is 0 Å². The van der Waals surface area contributed by atoms with Crippen LogP contribution in [0.25, 0.3) is 0 Å². The van der Waals surface area contributed by atoms with E-state index in [-0.39, 0.29) is 0 Å². The van der Waals surface area contributed by atoms with E-state index in [1.54, 1.807) is 6.08 Å². The van der Waals surface area contributed by atoms with Gasteiger partial charge in [0.05, 0.1) is 0 Å². The molecule has 0 heterocycles. The van der Waals surface area contributed by atoms with Crippen molar-refractivity contribution < 1.29 is 0 Å². The second-order valence-corrected chi connectivity index (χ2v) is 2.36. The van der Waals surface area contributed by atoms with Gasteiger partial charge in [0.2, 0.25) is 0 Å². The Hall–Kier alpha value is -0.300. The lowest BCUT2D eigenvalue weighted by atomic mass is 10.1. The van der Waals surface area contributed by atoms with Gasteiger partial charge in [-0.15, -0.1) is 0 Å². The SMILES string of the molecule is [CH]=CCCCC(C)NC. The normalized spacial score (nSPS) is 13.1. The fourth-order valence-electron chi connectivity index (χ4n) is 0.686. The fourth-order valence-corrected chi connectivity index (χ4v) is 0.686. The van der Waals surface area contributed by atoms with Gasteiger partial charge in [-0.05, 0) is 33.2 Å². The minimum Gasteiger partial charge on any atom is -0.317 e. The van der Waals surface area contributed by atoms with E-state index in [0.717, 1.165) is 6.42 Å². The maximum atomic E-state index is 5.21. The number of hydrogen-bond acceptors (Lipinski definition) is 1. The predicted octanol–water partition coefficient (Wildman–Crippen LogP) is 1.75. The second kappa shape index (κ2) is 5.83. The van der Waals surface area contributed by atoms with E-state index in [0.29, 0.717) is 6.04 Å². The molecular weight excluding hydrogens is 110 g/mol. The molecule has 0 aromatic rings. The Bertz CT molecular complexity index is 69.0. The first-order valence-electron chi connectivity index (χ1n) is 3.52. The number of rotatable bonds is 5. The highest BCUT2D eigenvalue weighted by Crippen LogP contribution is 1.99. The summed E-state index contributed by atoms with van der Waals surface area (Å²) in [5.41, 5.74) is 0. The van der Waals surface area contributed by atoms with Gasteiger partial charge >= 0.3 is 0 Å². The molecule has 0 spiro atoms. The van der Waals surface area contributed by atoms with Crippen LogP contribution < -0.4 is 5.32 Å². The van der Waals surface area contributed by atoms with Crippen LogP contribution in [0, 0.1) is 6.58 Å². The van der Waals surface area contributed by atoms with Crippen LogP contribution in [0.2, 0.25) is 0 Å². The van der Waals surface area contributed by atoms with Gasteiger partial charge in [-0.25, -0.2) is 0 Å². The minimum absolute atomic E-state index is 0.630. The van der Waals surface area contributed by atoms with Crippen LogP contribution in [0.5, 0.6) is 0 Å². The zero-order valence-corrected chi connectivity index (χ0v) is 6.35. The van der Waals surface area contributed by atoms with Crippen LogP contribution >= 0.6 is 0 Å². The lowest BCUT2D eigenvalue weighted by Gasteiger charge is -2.07. The lowest BCUT2D eigenvalue weighted by Crippen LogP contribution is -2.20.